The van der Waals surface area contributed by atoms with E-state index in [-0.39, 0.29) is 12.4 Å². The molecule has 3 rings (SSSR count). The van der Waals surface area contributed by atoms with Crippen molar-refractivity contribution in [2.45, 2.75) is 37.9 Å². The SMILES string of the molecule is CCCO[C@@H]1[C@H](O)[C@@H](CO)O[C@H]1n1c(=S)[nH]c2c(N)ncnc21. The van der Waals surface area contributed by atoms with E-state index in [1.54, 1.807) is 4.57 Å². The molecule has 0 radical (unpaired) electrons. The first-order valence-corrected chi connectivity index (χ1v) is 7.76. The zero-order valence-corrected chi connectivity index (χ0v) is 13.4. The zero-order valence-electron chi connectivity index (χ0n) is 12.5. The highest BCUT2D eigenvalue weighted by atomic mass is 32.1. The van der Waals surface area contributed by atoms with Gasteiger partial charge in [0, 0.05) is 6.61 Å². The fourth-order valence-electron chi connectivity index (χ4n) is 2.70. The van der Waals surface area contributed by atoms with Crippen LogP contribution in [0.2, 0.25) is 0 Å². The van der Waals surface area contributed by atoms with E-state index in [2.05, 4.69) is 15.0 Å². The molecule has 2 aromatic heterocycles. The molecule has 0 aromatic carbocycles. The van der Waals surface area contributed by atoms with Crippen LogP contribution in [0.25, 0.3) is 11.2 Å². The van der Waals surface area contributed by atoms with Gasteiger partial charge in [-0.1, -0.05) is 6.92 Å². The van der Waals surface area contributed by atoms with Gasteiger partial charge in [-0.3, -0.25) is 4.57 Å². The number of fused-ring (bicyclic) bond motifs is 1. The van der Waals surface area contributed by atoms with Crippen LogP contribution in [0.5, 0.6) is 0 Å². The number of aromatic amines is 1. The maximum absolute atomic E-state index is 10.3. The molecule has 126 valence electrons. The predicted molar refractivity (Wildman–Crippen MR) is 84.2 cm³/mol. The Morgan fingerprint density at radius 1 is 1.52 bits per heavy atom. The number of hydrogen-bond acceptors (Lipinski definition) is 8. The number of nitrogens with one attached hydrogen (secondary N) is 1. The summed E-state index contributed by atoms with van der Waals surface area (Å²) in [5, 5.41) is 19.7. The maximum Gasteiger partial charge on any atom is 0.181 e. The molecule has 2 aromatic rings. The van der Waals surface area contributed by atoms with E-state index >= 15 is 0 Å². The highest BCUT2D eigenvalue weighted by Crippen LogP contribution is 2.34. The highest BCUT2D eigenvalue weighted by molar-refractivity contribution is 7.71. The number of imidazole rings is 1. The number of aliphatic hydroxyl groups excluding tert-OH is 2. The third kappa shape index (κ3) is 2.72. The fraction of sp³-hybridized carbons (Fsp3) is 0.615. The topological polar surface area (TPSA) is 131 Å². The lowest BCUT2D eigenvalue weighted by Crippen LogP contribution is -2.35. The number of anilines is 1. The second-order valence-electron chi connectivity index (χ2n) is 5.33. The Morgan fingerprint density at radius 2 is 2.30 bits per heavy atom. The van der Waals surface area contributed by atoms with Gasteiger partial charge in [-0.15, -0.1) is 0 Å². The minimum absolute atomic E-state index is 0.267. The molecule has 23 heavy (non-hydrogen) atoms. The Kier molecular flexibility index (Phi) is 4.60. The van der Waals surface area contributed by atoms with Gasteiger partial charge in [0.25, 0.3) is 0 Å². The summed E-state index contributed by atoms with van der Waals surface area (Å²) in [7, 11) is 0. The third-order valence-electron chi connectivity index (χ3n) is 3.80. The van der Waals surface area contributed by atoms with Gasteiger partial charge in [0.2, 0.25) is 0 Å². The number of nitrogens with two attached hydrogens (primary N) is 1. The van der Waals surface area contributed by atoms with E-state index in [0.717, 1.165) is 6.42 Å². The van der Waals surface area contributed by atoms with Crippen molar-refractivity contribution in [1.29, 1.82) is 0 Å². The zero-order chi connectivity index (χ0) is 16.6. The fourth-order valence-corrected chi connectivity index (χ4v) is 2.99. The average molecular weight is 341 g/mol. The first-order chi connectivity index (χ1) is 11.1. The number of nitrogen functional groups attached to an aromatic ring is 1. The Labute approximate surface area is 137 Å². The van der Waals surface area contributed by atoms with Gasteiger partial charge in [-0.25, -0.2) is 9.97 Å². The van der Waals surface area contributed by atoms with Crippen molar-refractivity contribution in [3.8, 4) is 0 Å². The molecule has 4 atom stereocenters. The summed E-state index contributed by atoms with van der Waals surface area (Å²) in [4.78, 5) is 11.1. The molecule has 1 saturated heterocycles. The molecule has 9 nitrogen and oxygen atoms in total. The van der Waals surface area contributed by atoms with Crippen molar-refractivity contribution >= 4 is 29.2 Å². The molecular weight excluding hydrogens is 322 g/mol. The second kappa shape index (κ2) is 6.49. The van der Waals surface area contributed by atoms with Crippen molar-refractivity contribution in [1.82, 2.24) is 19.5 Å². The molecule has 1 aliphatic heterocycles. The van der Waals surface area contributed by atoms with Crippen LogP contribution in [0.4, 0.5) is 5.82 Å². The smallest absolute Gasteiger partial charge is 0.181 e. The standard InChI is InChI=1S/C13H19N5O4S/c1-2-3-21-9-8(20)6(4-19)22-12(9)18-11-7(17-13(18)23)10(14)15-5-16-11/h5-6,8-9,12,19-20H,2-4H2,1H3,(H,17,23)(H2,14,15,16)/t6-,8-,9-,12-/m1/s1. The second-order valence-corrected chi connectivity index (χ2v) is 5.72. The Hall–Kier alpha value is -1.59. The van der Waals surface area contributed by atoms with Gasteiger partial charge in [-0.05, 0) is 18.6 Å². The van der Waals surface area contributed by atoms with E-state index in [0.29, 0.717) is 22.5 Å². The van der Waals surface area contributed by atoms with Crippen LogP contribution in [-0.4, -0.2) is 61.3 Å². The summed E-state index contributed by atoms with van der Waals surface area (Å²) in [6, 6.07) is 0. The Balaban J connectivity index is 2.07. The average Bonchev–Trinajstić information content (AvgIpc) is 3.03. The molecule has 1 fully saturated rings. The number of hydrogen-bond donors (Lipinski definition) is 4. The summed E-state index contributed by atoms with van der Waals surface area (Å²) < 4.78 is 13.4. The van der Waals surface area contributed by atoms with E-state index in [4.69, 9.17) is 27.4 Å². The van der Waals surface area contributed by atoms with Gasteiger partial charge < -0.3 is 30.4 Å². The molecule has 1 aliphatic rings. The lowest BCUT2D eigenvalue weighted by molar-refractivity contribution is -0.0709. The summed E-state index contributed by atoms with van der Waals surface area (Å²) in [5.74, 6) is 0.267. The summed E-state index contributed by atoms with van der Waals surface area (Å²) in [5.41, 5.74) is 6.79. The first-order valence-electron chi connectivity index (χ1n) is 7.35. The van der Waals surface area contributed by atoms with Crippen LogP contribution < -0.4 is 5.73 Å². The van der Waals surface area contributed by atoms with E-state index < -0.39 is 24.5 Å². The number of nitrogens with zero attached hydrogens (tertiary/aromatic N) is 3. The third-order valence-corrected chi connectivity index (χ3v) is 4.10. The quantitative estimate of drug-likeness (QED) is 0.564. The number of ether oxygens (including phenoxy) is 2. The van der Waals surface area contributed by atoms with Gasteiger partial charge in [0.1, 0.15) is 30.2 Å². The normalized spacial score (nSPS) is 27.8. The van der Waals surface area contributed by atoms with E-state index in [1.807, 2.05) is 6.92 Å². The van der Waals surface area contributed by atoms with Crippen molar-refractivity contribution in [2.24, 2.45) is 0 Å². The molecule has 0 unspecified atom stereocenters. The molecule has 3 heterocycles. The number of aromatic nitrogens is 4. The molecular formula is C13H19N5O4S. The number of H-pyrrole nitrogens is 1. The highest BCUT2D eigenvalue weighted by Gasteiger charge is 2.46. The van der Waals surface area contributed by atoms with Crippen LogP contribution in [0.15, 0.2) is 6.33 Å². The van der Waals surface area contributed by atoms with Gasteiger partial charge in [0.15, 0.2) is 22.5 Å². The number of aliphatic hydroxyl groups is 2. The van der Waals surface area contributed by atoms with Crippen molar-refractivity contribution in [2.75, 3.05) is 18.9 Å². The molecule has 5 N–H and O–H groups in total. The molecule has 0 amide bonds. The van der Waals surface area contributed by atoms with Crippen molar-refractivity contribution in [3.63, 3.8) is 0 Å². The van der Waals surface area contributed by atoms with Crippen molar-refractivity contribution < 1.29 is 19.7 Å². The lowest BCUT2D eigenvalue weighted by atomic mass is 10.1. The molecule has 10 heteroatoms. The number of rotatable bonds is 5. The van der Waals surface area contributed by atoms with Crippen LogP contribution in [-0.2, 0) is 9.47 Å². The summed E-state index contributed by atoms with van der Waals surface area (Å²) in [6.45, 7) is 2.09. The van der Waals surface area contributed by atoms with Crippen LogP contribution >= 0.6 is 12.2 Å². The van der Waals surface area contributed by atoms with Crippen molar-refractivity contribution in [3.05, 3.63) is 11.1 Å². The molecule has 0 bridgehead atoms. The van der Waals surface area contributed by atoms with Crippen LogP contribution in [0, 0.1) is 4.77 Å². The largest absolute Gasteiger partial charge is 0.394 e. The predicted octanol–water partition coefficient (Wildman–Crippen LogP) is 0.117. The van der Waals surface area contributed by atoms with E-state index in [1.165, 1.54) is 6.33 Å². The summed E-state index contributed by atoms with van der Waals surface area (Å²) >= 11 is 5.33. The molecule has 0 saturated carbocycles. The minimum Gasteiger partial charge on any atom is -0.394 e. The molecule has 0 aliphatic carbocycles. The minimum atomic E-state index is -0.970. The molecule has 0 spiro atoms. The van der Waals surface area contributed by atoms with Gasteiger partial charge in [0.05, 0.1) is 6.61 Å². The Bertz CT molecular complexity index is 748. The van der Waals surface area contributed by atoms with Gasteiger partial charge in [-0.2, -0.15) is 0 Å². The first kappa shape index (κ1) is 16.3. The monoisotopic (exact) mass is 341 g/mol. The van der Waals surface area contributed by atoms with Crippen LogP contribution in [0.1, 0.15) is 19.6 Å². The summed E-state index contributed by atoms with van der Waals surface area (Å²) in [6.07, 6.45) is -1.00. The van der Waals surface area contributed by atoms with E-state index in [9.17, 15) is 10.2 Å². The van der Waals surface area contributed by atoms with Gasteiger partial charge >= 0.3 is 0 Å². The van der Waals surface area contributed by atoms with Crippen LogP contribution in [0.3, 0.4) is 0 Å². The lowest BCUT2D eigenvalue weighted by Gasteiger charge is -2.21. The maximum atomic E-state index is 10.3. The Morgan fingerprint density at radius 3 is 3.00 bits per heavy atom.